The number of aryl methyl sites for hydroxylation is 1. The lowest BCUT2D eigenvalue weighted by molar-refractivity contribution is -0.137. The van der Waals surface area contributed by atoms with E-state index in [-0.39, 0.29) is 19.3 Å². The zero-order valence-electron chi connectivity index (χ0n) is 9.83. The molecule has 0 spiro atoms. The summed E-state index contributed by atoms with van der Waals surface area (Å²) >= 11 is 0. The molecule has 0 aliphatic rings. The van der Waals surface area contributed by atoms with Gasteiger partial charge < -0.3 is 5.11 Å². The second-order valence-corrected chi connectivity index (χ2v) is 4.53. The van der Waals surface area contributed by atoms with Crippen LogP contribution in [-0.2, 0) is 13.5 Å². The van der Waals surface area contributed by atoms with E-state index in [1.54, 1.807) is 13.2 Å². The van der Waals surface area contributed by atoms with E-state index in [9.17, 15) is 18.3 Å². The van der Waals surface area contributed by atoms with E-state index in [1.165, 1.54) is 11.6 Å². The predicted molar refractivity (Wildman–Crippen MR) is 55.2 cm³/mol. The molecule has 4 nitrogen and oxygen atoms in total. The molecule has 1 rings (SSSR count). The van der Waals surface area contributed by atoms with Crippen molar-refractivity contribution in [2.45, 2.75) is 44.4 Å². The molecule has 7 heteroatoms. The summed E-state index contributed by atoms with van der Waals surface area (Å²) in [7, 11) is 1.69. The molecule has 1 heterocycles. The SMILES string of the molecule is Cn1cc(CC(C)(O)CCCC(F)(F)F)nn1. The molecule has 1 N–H and O–H groups in total. The van der Waals surface area contributed by atoms with Crippen molar-refractivity contribution < 1.29 is 18.3 Å². The number of halogens is 3. The van der Waals surface area contributed by atoms with Gasteiger partial charge in [0.25, 0.3) is 0 Å². The van der Waals surface area contributed by atoms with Crippen LogP contribution in [-0.4, -0.2) is 31.9 Å². The van der Waals surface area contributed by atoms with Gasteiger partial charge in [0, 0.05) is 26.1 Å². The minimum Gasteiger partial charge on any atom is -0.390 e. The Kier molecular flexibility index (Phi) is 4.13. The highest BCUT2D eigenvalue weighted by Gasteiger charge is 2.29. The standard InChI is InChI=1S/C10H16F3N3O/c1-9(17,4-3-5-10(11,12)13)6-8-7-16(2)15-14-8/h7,17H,3-6H2,1-2H3. The second kappa shape index (κ2) is 5.03. The molecule has 1 aromatic rings. The summed E-state index contributed by atoms with van der Waals surface area (Å²) in [5, 5.41) is 17.4. The van der Waals surface area contributed by atoms with Crippen molar-refractivity contribution in [2.24, 2.45) is 7.05 Å². The zero-order chi connectivity index (χ0) is 13.1. The van der Waals surface area contributed by atoms with Crippen molar-refractivity contribution in [3.8, 4) is 0 Å². The molecular formula is C10H16F3N3O. The van der Waals surface area contributed by atoms with Gasteiger partial charge in [0.15, 0.2) is 0 Å². The van der Waals surface area contributed by atoms with Crippen molar-refractivity contribution in [3.63, 3.8) is 0 Å². The van der Waals surface area contributed by atoms with Crippen molar-refractivity contribution in [1.82, 2.24) is 15.0 Å². The van der Waals surface area contributed by atoms with Crippen LogP contribution < -0.4 is 0 Å². The predicted octanol–water partition coefficient (Wildman–Crippen LogP) is 1.84. The monoisotopic (exact) mass is 251 g/mol. The molecule has 0 aliphatic carbocycles. The van der Waals surface area contributed by atoms with Crippen LogP contribution in [0.15, 0.2) is 6.20 Å². The van der Waals surface area contributed by atoms with Gasteiger partial charge in [-0.15, -0.1) is 5.10 Å². The molecule has 1 unspecified atom stereocenters. The number of hydrogen-bond acceptors (Lipinski definition) is 3. The first-order valence-electron chi connectivity index (χ1n) is 5.32. The van der Waals surface area contributed by atoms with Gasteiger partial charge in [0.05, 0.1) is 11.3 Å². The van der Waals surface area contributed by atoms with Gasteiger partial charge in [0.2, 0.25) is 0 Å². The van der Waals surface area contributed by atoms with E-state index in [0.29, 0.717) is 5.69 Å². The Labute approximate surface area is 97.4 Å². The van der Waals surface area contributed by atoms with Crippen molar-refractivity contribution in [2.75, 3.05) is 0 Å². The van der Waals surface area contributed by atoms with Gasteiger partial charge in [-0.2, -0.15) is 13.2 Å². The number of aliphatic hydroxyl groups is 1. The molecule has 1 aromatic heterocycles. The highest BCUT2D eigenvalue weighted by Crippen LogP contribution is 2.26. The number of aromatic nitrogens is 3. The zero-order valence-corrected chi connectivity index (χ0v) is 9.83. The van der Waals surface area contributed by atoms with Gasteiger partial charge >= 0.3 is 6.18 Å². The van der Waals surface area contributed by atoms with Gasteiger partial charge in [-0.1, -0.05) is 5.21 Å². The van der Waals surface area contributed by atoms with E-state index < -0.39 is 18.2 Å². The third-order valence-corrected chi connectivity index (χ3v) is 2.39. The minimum atomic E-state index is -4.16. The fraction of sp³-hybridized carbons (Fsp3) is 0.800. The maximum atomic E-state index is 12.0. The lowest BCUT2D eigenvalue weighted by Crippen LogP contribution is -2.28. The Morgan fingerprint density at radius 3 is 2.47 bits per heavy atom. The van der Waals surface area contributed by atoms with Crippen molar-refractivity contribution in [3.05, 3.63) is 11.9 Å². The topological polar surface area (TPSA) is 50.9 Å². The van der Waals surface area contributed by atoms with Crippen LogP contribution in [0.5, 0.6) is 0 Å². The molecular weight excluding hydrogens is 235 g/mol. The smallest absolute Gasteiger partial charge is 0.389 e. The highest BCUT2D eigenvalue weighted by molar-refractivity contribution is 4.98. The summed E-state index contributed by atoms with van der Waals surface area (Å²) in [5.41, 5.74) is -0.606. The van der Waals surface area contributed by atoms with Gasteiger partial charge in [0.1, 0.15) is 0 Å². The summed E-state index contributed by atoms with van der Waals surface area (Å²) < 4.78 is 37.3. The molecule has 1 atom stereocenters. The molecule has 17 heavy (non-hydrogen) atoms. The van der Waals surface area contributed by atoms with Crippen LogP contribution >= 0.6 is 0 Å². The Balaban J connectivity index is 2.41. The summed E-state index contributed by atoms with van der Waals surface area (Å²) in [5.74, 6) is 0. The Morgan fingerprint density at radius 1 is 1.35 bits per heavy atom. The quantitative estimate of drug-likeness (QED) is 0.868. The van der Waals surface area contributed by atoms with Crippen LogP contribution in [0.4, 0.5) is 13.2 Å². The van der Waals surface area contributed by atoms with E-state index in [2.05, 4.69) is 10.3 Å². The molecule has 0 saturated carbocycles. The molecule has 0 aliphatic heterocycles. The first-order chi connectivity index (χ1) is 7.68. The number of nitrogens with zero attached hydrogens (tertiary/aromatic N) is 3. The van der Waals surface area contributed by atoms with Crippen LogP contribution in [0.3, 0.4) is 0 Å². The lowest BCUT2D eigenvalue weighted by Gasteiger charge is -2.22. The number of hydrogen-bond donors (Lipinski definition) is 1. The van der Waals surface area contributed by atoms with E-state index in [0.717, 1.165) is 0 Å². The first kappa shape index (κ1) is 14.0. The molecule has 0 aromatic carbocycles. The van der Waals surface area contributed by atoms with Gasteiger partial charge in [-0.3, -0.25) is 4.68 Å². The highest BCUT2D eigenvalue weighted by atomic mass is 19.4. The fourth-order valence-electron chi connectivity index (χ4n) is 1.62. The second-order valence-electron chi connectivity index (χ2n) is 4.53. The summed E-state index contributed by atoms with van der Waals surface area (Å²) in [6, 6.07) is 0. The first-order valence-corrected chi connectivity index (χ1v) is 5.32. The van der Waals surface area contributed by atoms with Crippen LogP contribution in [0, 0.1) is 0 Å². The normalized spacial score (nSPS) is 15.9. The maximum absolute atomic E-state index is 12.0. The summed E-state index contributed by atoms with van der Waals surface area (Å²) in [6.45, 7) is 1.51. The molecule has 0 saturated heterocycles. The third-order valence-electron chi connectivity index (χ3n) is 2.39. The number of rotatable bonds is 5. The Morgan fingerprint density at radius 2 is 2.00 bits per heavy atom. The van der Waals surface area contributed by atoms with E-state index >= 15 is 0 Å². The average Bonchev–Trinajstić information content (AvgIpc) is 2.47. The molecule has 0 bridgehead atoms. The number of alkyl halides is 3. The molecule has 98 valence electrons. The molecule has 0 radical (unpaired) electrons. The Hall–Kier alpha value is -1.11. The van der Waals surface area contributed by atoms with Crippen LogP contribution in [0.25, 0.3) is 0 Å². The molecule has 0 fully saturated rings. The lowest BCUT2D eigenvalue weighted by atomic mass is 9.94. The molecule has 0 amide bonds. The average molecular weight is 251 g/mol. The van der Waals surface area contributed by atoms with E-state index in [4.69, 9.17) is 0 Å². The summed E-state index contributed by atoms with van der Waals surface area (Å²) in [6.07, 6.45) is -3.19. The summed E-state index contributed by atoms with van der Waals surface area (Å²) in [4.78, 5) is 0. The largest absolute Gasteiger partial charge is 0.390 e. The van der Waals surface area contributed by atoms with Gasteiger partial charge in [-0.25, -0.2) is 0 Å². The maximum Gasteiger partial charge on any atom is 0.389 e. The van der Waals surface area contributed by atoms with Gasteiger partial charge in [-0.05, 0) is 19.8 Å². The van der Waals surface area contributed by atoms with Crippen molar-refractivity contribution in [1.29, 1.82) is 0 Å². The van der Waals surface area contributed by atoms with E-state index in [1.807, 2.05) is 0 Å². The Bertz CT molecular complexity index is 360. The third kappa shape index (κ3) is 5.67. The fourth-order valence-corrected chi connectivity index (χ4v) is 1.62. The van der Waals surface area contributed by atoms with Crippen LogP contribution in [0.1, 0.15) is 31.9 Å². The van der Waals surface area contributed by atoms with Crippen molar-refractivity contribution >= 4 is 0 Å². The van der Waals surface area contributed by atoms with Crippen LogP contribution in [0.2, 0.25) is 0 Å². The minimum absolute atomic E-state index is 0.0864.